The zero-order chi connectivity index (χ0) is 7.56. The molecule has 1 rings (SSSR count). The second-order valence-electron chi connectivity index (χ2n) is 2.11. The maximum atomic E-state index is 10.7. The predicted molar refractivity (Wildman–Crippen MR) is 31.1 cm³/mol. The molecule has 0 aliphatic carbocycles. The van der Waals surface area contributed by atoms with Crippen LogP contribution in [0.4, 0.5) is 0 Å². The van der Waals surface area contributed by atoms with E-state index in [1.165, 1.54) is 7.11 Å². The molecule has 0 aromatic carbocycles. The van der Waals surface area contributed by atoms with Crippen molar-refractivity contribution in [1.29, 1.82) is 0 Å². The Bertz CT molecular complexity index is 163. The first-order valence-electron chi connectivity index (χ1n) is 2.97. The smallest absolute Gasteiger partial charge is 0.312 e. The number of cyclic esters (lactones) is 1. The van der Waals surface area contributed by atoms with E-state index in [2.05, 4.69) is 9.47 Å². The minimum Gasteiger partial charge on any atom is -0.469 e. The van der Waals surface area contributed by atoms with Gasteiger partial charge in [0, 0.05) is 0 Å². The lowest BCUT2D eigenvalue weighted by atomic mass is 10.1. The number of hydrogen-bond acceptors (Lipinski definition) is 4. The molecule has 0 spiro atoms. The van der Waals surface area contributed by atoms with Gasteiger partial charge in [-0.15, -0.1) is 0 Å². The van der Waals surface area contributed by atoms with Crippen molar-refractivity contribution >= 4 is 11.9 Å². The third-order valence-corrected chi connectivity index (χ3v) is 1.39. The number of rotatable bonds is 1. The van der Waals surface area contributed by atoms with Crippen molar-refractivity contribution in [3.63, 3.8) is 0 Å². The summed E-state index contributed by atoms with van der Waals surface area (Å²) in [6.07, 6.45) is 0.159. The van der Waals surface area contributed by atoms with E-state index in [9.17, 15) is 9.59 Å². The quantitative estimate of drug-likeness (QED) is 0.475. The van der Waals surface area contributed by atoms with Crippen LogP contribution in [0.5, 0.6) is 0 Å². The van der Waals surface area contributed by atoms with Crippen molar-refractivity contribution in [2.45, 2.75) is 6.42 Å². The Kier molecular flexibility index (Phi) is 1.89. The molecule has 1 atom stereocenters. The summed E-state index contributed by atoms with van der Waals surface area (Å²) in [5.74, 6) is -1.07. The molecule has 4 heteroatoms. The molecule has 1 fully saturated rings. The van der Waals surface area contributed by atoms with Crippen molar-refractivity contribution < 1.29 is 19.1 Å². The van der Waals surface area contributed by atoms with E-state index in [1.807, 2.05) is 0 Å². The normalized spacial score (nSPS) is 24.1. The van der Waals surface area contributed by atoms with Gasteiger partial charge in [-0.3, -0.25) is 9.59 Å². The van der Waals surface area contributed by atoms with E-state index in [0.29, 0.717) is 0 Å². The van der Waals surface area contributed by atoms with E-state index >= 15 is 0 Å². The number of ether oxygens (including phenoxy) is 2. The number of methoxy groups -OCH3 is 1. The monoisotopic (exact) mass is 144 g/mol. The van der Waals surface area contributed by atoms with Gasteiger partial charge in [0.15, 0.2) is 0 Å². The highest BCUT2D eigenvalue weighted by molar-refractivity contribution is 5.82. The van der Waals surface area contributed by atoms with Gasteiger partial charge >= 0.3 is 11.9 Å². The molecule has 0 aromatic heterocycles. The average molecular weight is 144 g/mol. The molecule has 0 amide bonds. The summed E-state index contributed by atoms with van der Waals surface area (Å²) in [5.41, 5.74) is 0. The number of esters is 2. The fourth-order valence-electron chi connectivity index (χ4n) is 0.831. The van der Waals surface area contributed by atoms with E-state index in [4.69, 9.17) is 0 Å². The number of hydrogen-bond donors (Lipinski definition) is 0. The van der Waals surface area contributed by atoms with Crippen molar-refractivity contribution in [3.8, 4) is 0 Å². The lowest BCUT2D eigenvalue weighted by Gasteiger charge is -2.00. The summed E-state index contributed by atoms with van der Waals surface area (Å²) < 4.78 is 8.96. The lowest BCUT2D eigenvalue weighted by molar-refractivity contribution is -0.145. The van der Waals surface area contributed by atoms with E-state index in [1.54, 1.807) is 0 Å². The van der Waals surface area contributed by atoms with Crippen LogP contribution < -0.4 is 0 Å². The molecule has 1 saturated heterocycles. The van der Waals surface area contributed by atoms with Gasteiger partial charge in [0.1, 0.15) is 12.5 Å². The van der Waals surface area contributed by atoms with Gasteiger partial charge in [-0.25, -0.2) is 0 Å². The largest absolute Gasteiger partial charge is 0.469 e. The van der Waals surface area contributed by atoms with Crippen LogP contribution in [0, 0.1) is 5.92 Å². The molecule has 0 saturated carbocycles. The third-order valence-electron chi connectivity index (χ3n) is 1.39. The van der Waals surface area contributed by atoms with Gasteiger partial charge < -0.3 is 9.47 Å². The second-order valence-corrected chi connectivity index (χ2v) is 2.11. The first kappa shape index (κ1) is 7.05. The zero-order valence-corrected chi connectivity index (χ0v) is 5.62. The summed E-state index contributed by atoms with van der Waals surface area (Å²) in [6.45, 7) is 0.172. The first-order chi connectivity index (χ1) is 4.74. The lowest BCUT2D eigenvalue weighted by Crippen LogP contribution is -2.15. The summed E-state index contributed by atoms with van der Waals surface area (Å²) in [7, 11) is 1.30. The van der Waals surface area contributed by atoms with Crippen LogP contribution in [0.3, 0.4) is 0 Å². The molecular formula is C6H8O4. The number of carbonyl (C=O) groups is 2. The van der Waals surface area contributed by atoms with Crippen molar-refractivity contribution in [2.75, 3.05) is 13.7 Å². The Labute approximate surface area is 58.1 Å². The fraction of sp³-hybridized carbons (Fsp3) is 0.667. The minimum absolute atomic E-state index is 0.159. The minimum atomic E-state index is -0.377. The molecule has 1 unspecified atom stereocenters. The van der Waals surface area contributed by atoms with Crippen LogP contribution in [0.2, 0.25) is 0 Å². The molecule has 0 aromatic rings. The van der Waals surface area contributed by atoms with Gasteiger partial charge in [-0.2, -0.15) is 0 Å². The van der Waals surface area contributed by atoms with Crippen LogP contribution in [-0.2, 0) is 19.1 Å². The molecule has 56 valence electrons. The third kappa shape index (κ3) is 1.26. The molecule has 0 bridgehead atoms. The first-order valence-corrected chi connectivity index (χ1v) is 2.97. The predicted octanol–water partition coefficient (Wildman–Crippen LogP) is -0.278. The molecule has 0 N–H and O–H groups in total. The maximum absolute atomic E-state index is 10.7. The molecule has 1 aliphatic rings. The van der Waals surface area contributed by atoms with Gasteiger partial charge in [-0.1, -0.05) is 0 Å². The number of carbonyl (C=O) groups excluding carboxylic acids is 2. The molecule has 4 nitrogen and oxygen atoms in total. The van der Waals surface area contributed by atoms with Crippen molar-refractivity contribution in [3.05, 3.63) is 0 Å². The van der Waals surface area contributed by atoms with Crippen LogP contribution >= 0.6 is 0 Å². The van der Waals surface area contributed by atoms with Gasteiger partial charge in [0.05, 0.1) is 13.5 Å². The summed E-state index contributed by atoms with van der Waals surface area (Å²) >= 11 is 0. The van der Waals surface area contributed by atoms with Crippen LogP contribution in [0.1, 0.15) is 6.42 Å². The summed E-state index contributed by atoms with van der Waals surface area (Å²) in [5, 5.41) is 0. The van der Waals surface area contributed by atoms with E-state index in [0.717, 1.165) is 0 Å². The van der Waals surface area contributed by atoms with Gasteiger partial charge in [0.25, 0.3) is 0 Å². The summed E-state index contributed by atoms with van der Waals surface area (Å²) in [4.78, 5) is 21.1. The molecule has 10 heavy (non-hydrogen) atoms. The van der Waals surface area contributed by atoms with Crippen LogP contribution in [0.25, 0.3) is 0 Å². The van der Waals surface area contributed by atoms with E-state index < -0.39 is 0 Å². The SMILES string of the molecule is COC(=O)C1COC(=O)C1. The Morgan fingerprint density at radius 2 is 2.50 bits per heavy atom. The standard InChI is InChI=1S/C6H8O4/c1-9-6(8)4-2-5(7)10-3-4/h4H,2-3H2,1H3. The maximum Gasteiger partial charge on any atom is 0.312 e. The van der Waals surface area contributed by atoms with Crippen molar-refractivity contribution in [1.82, 2.24) is 0 Å². The highest BCUT2D eigenvalue weighted by atomic mass is 16.6. The molecular weight excluding hydrogens is 136 g/mol. The molecule has 1 heterocycles. The highest BCUT2D eigenvalue weighted by Gasteiger charge is 2.30. The Balaban J connectivity index is 2.44. The second kappa shape index (κ2) is 2.68. The Hall–Kier alpha value is -1.06. The average Bonchev–Trinajstić information content (AvgIpc) is 2.34. The van der Waals surface area contributed by atoms with Gasteiger partial charge in [-0.05, 0) is 0 Å². The topological polar surface area (TPSA) is 52.6 Å². The van der Waals surface area contributed by atoms with Gasteiger partial charge in [0.2, 0.25) is 0 Å². The highest BCUT2D eigenvalue weighted by Crippen LogP contribution is 2.14. The van der Waals surface area contributed by atoms with E-state index in [-0.39, 0.29) is 30.9 Å². The zero-order valence-electron chi connectivity index (χ0n) is 5.62. The summed E-state index contributed by atoms with van der Waals surface area (Å²) in [6, 6.07) is 0. The Morgan fingerprint density at radius 3 is 2.90 bits per heavy atom. The van der Waals surface area contributed by atoms with Crippen LogP contribution in [0.15, 0.2) is 0 Å². The van der Waals surface area contributed by atoms with Crippen molar-refractivity contribution in [2.24, 2.45) is 5.92 Å². The molecule has 0 radical (unpaired) electrons. The fourth-order valence-corrected chi connectivity index (χ4v) is 0.831. The van der Waals surface area contributed by atoms with Crippen LogP contribution in [-0.4, -0.2) is 25.7 Å². The molecule has 1 aliphatic heterocycles. The Morgan fingerprint density at radius 1 is 1.80 bits per heavy atom.